The zero-order valence-corrected chi connectivity index (χ0v) is 29.5. The number of H-pyrrole nitrogens is 1. The van der Waals surface area contributed by atoms with Gasteiger partial charge in [0.25, 0.3) is 0 Å². The summed E-state index contributed by atoms with van der Waals surface area (Å²) in [4.78, 5) is 41.5. The van der Waals surface area contributed by atoms with Crippen molar-refractivity contribution in [2.75, 3.05) is 6.61 Å². The molecule has 0 aliphatic carbocycles. The first kappa shape index (κ1) is 40.6. The number of hydrogen-bond donors (Lipinski definition) is 12. The summed E-state index contributed by atoms with van der Waals surface area (Å²) < 4.78 is 27.5. The highest BCUT2D eigenvalue weighted by atomic mass is 16.7. The van der Waals surface area contributed by atoms with Gasteiger partial charge in [0.1, 0.15) is 65.5 Å². The van der Waals surface area contributed by atoms with Gasteiger partial charge in [0, 0.05) is 42.1 Å². The SMILES string of the molecule is CCc1cc(Cc2c(O[C@H]3O[C@H](C(=O)O[C@H]4O[C@H](C(=O)O)[C@@H](O)[C@H](O)[C@H]4O)[C@@H](O)[C@H](O)[C@H]3O)cc3c(c2O)C(=O)CC(c2cc(O)c(O)c(CCO)c2)O3)c[nH]1. The zero-order valence-electron chi connectivity index (χ0n) is 29.5. The van der Waals surface area contributed by atoms with Crippen molar-refractivity contribution in [3.63, 3.8) is 0 Å². The van der Waals surface area contributed by atoms with E-state index in [9.17, 15) is 70.6 Å². The number of nitrogens with one attached hydrogen (secondary N) is 1. The lowest BCUT2D eigenvalue weighted by molar-refractivity contribution is -0.302. The van der Waals surface area contributed by atoms with E-state index in [0.29, 0.717) is 12.0 Å². The Morgan fingerprint density at radius 2 is 1.52 bits per heavy atom. The number of Topliss-reactive ketones (excluding diaryl/α,β-unsaturated/α-hetero) is 1. The maximum Gasteiger partial charge on any atom is 0.340 e. The van der Waals surface area contributed by atoms with Crippen molar-refractivity contribution in [3.05, 3.63) is 64.0 Å². The van der Waals surface area contributed by atoms with Crippen LogP contribution in [0.5, 0.6) is 28.7 Å². The van der Waals surface area contributed by atoms with Crippen LogP contribution in [0, 0.1) is 0 Å². The van der Waals surface area contributed by atoms with Gasteiger partial charge < -0.3 is 84.8 Å². The molecular weight excluding hydrogens is 750 g/mol. The normalized spacial score (nSPS) is 30.3. The number of fused-ring (bicyclic) bond motifs is 1. The first-order valence-corrected chi connectivity index (χ1v) is 17.4. The largest absolute Gasteiger partial charge is 0.507 e. The maximum atomic E-state index is 13.6. The molecule has 4 heterocycles. The first-order chi connectivity index (χ1) is 26.5. The Balaban J connectivity index is 1.33. The van der Waals surface area contributed by atoms with Crippen LogP contribution in [0.1, 0.15) is 57.8 Å². The topological polar surface area (TPSA) is 336 Å². The number of carbonyl (C=O) groups excluding carboxylic acids is 2. The molecule has 2 saturated heterocycles. The third-order valence-corrected chi connectivity index (χ3v) is 9.85. The van der Waals surface area contributed by atoms with E-state index in [2.05, 4.69) is 4.98 Å². The minimum atomic E-state index is -2.22. The molecule has 0 bridgehead atoms. The molecule has 1 aromatic heterocycles. The molecule has 0 saturated carbocycles. The van der Waals surface area contributed by atoms with Crippen LogP contribution in [0.25, 0.3) is 0 Å². The number of benzene rings is 2. The maximum absolute atomic E-state index is 13.6. The van der Waals surface area contributed by atoms with Crippen molar-refractivity contribution in [3.8, 4) is 28.7 Å². The fourth-order valence-corrected chi connectivity index (χ4v) is 6.75. The van der Waals surface area contributed by atoms with E-state index >= 15 is 0 Å². The quantitative estimate of drug-likeness (QED) is 0.0749. The molecule has 0 spiro atoms. The van der Waals surface area contributed by atoms with Crippen molar-refractivity contribution in [1.82, 2.24) is 4.98 Å². The Kier molecular flexibility index (Phi) is 11.8. The summed E-state index contributed by atoms with van der Waals surface area (Å²) in [6.07, 6.45) is -20.8. The van der Waals surface area contributed by atoms with Crippen molar-refractivity contribution in [2.45, 2.75) is 100 Å². The molecule has 2 aromatic carbocycles. The third kappa shape index (κ3) is 7.70. The molecule has 0 amide bonds. The summed E-state index contributed by atoms with van der Waals surface area (Å²) in [6.45, 7) is 1.53. The number of rotatable bonds is 11. The highest BCUT2D eigenvalue weighted by molar-refractivity contribution is 6.03. The number of phenolic OH excluding ortho intramolecular Hbond substituents is 3. The van der Waals surface area contributed by atoms with E-state index in [0.717, 1.165) is 5.69 Å². The van der Waals surface area contributed by atoms with Gasteiger partial charge in [-0.1, -0.05) is 6.92 Å². The van der Waals surface area contributed by atoms with E-state index in [1.807, 2.05) is 6.92 Å². The third-order valence-electron chi connectivity index (χ3n) is 9.85. The Hall–Kier alpha value is -5.03. The molecule has 0 radical (unpaired) electrons. The average molecular weight is 792 g/mol. The number of phenols is 3. The number of carbonyl (C=O) groups is 3. The Bertz CT molecular complexity index is 1960. The number of aryl methyl sites for hydroxylation is 1. The minimum Gasteiger partial charge on any atom is -0.507 e. The van der Waals surface area contributed by atoms with Crippen LogP contribution in [0.2, 0.25) is 0 Å². The van der Waals surface area contributed by atoms with Gasteiger partial charge in [0.05, 0.1) is 6.42 Å². The smallest absolute Gasteiger partial charge is 0.340 e. The van der Waals surface area contributed by atoms with E-state index in [1.165, 1.54) is 18.2 Å². The number of carboxylic acid groups (broad SMARTS) is 1. The molecule has 11 atom stereocenters. The summed E-state index contributed by atoms with van der Waals surface area (Å²) in [6, 6.07) is 5.56. The summed E-state index contributed by atoms with van der Waals surface area (Å²) in [5.74, 6) is -6.08. The second-order valence-corrected chi connectivity index (χ2v) is 13.6. The Morgan fingerprint density at radius 1 is 0.857 bits per heavy atom. The number of hydrogen-bond acceptors (Lipinski definition) is 18. The predicted octanol–water partition coefficient (Wildman–Crippen LogP) is -1.85. The van der Waals surface area contributed by atoms with Crippen LogP contribution in [-0.4, -0.2) is 147 Å². The van der Waals surface area contributed by atoms with Gasteiger partial charge in [-0.2, -0.15) is 0 Å². The number of aromatic hydroxyl groups is 3. The molecule has 20 heteroatoms. The standard InChI is InChI=1S/C36H41NO19/c1-2-15-5-12(11-37-15)6-16-20(10-21-22(24(16)42)17(39)9-19(52-21)14-7-13(3-4-38)23(41)18(40)8-14)53-35-29(47)26(44)28(46)32(55-35)34(51)56-36-30(48)25(43)27(45)31(54-36)33(49)50/h5,7-8,10-11,19,25-32,35-38,40-48H,2-4,6,9H2,1H3,(H,49,50)/t19?,25-,26-,27-,28-,29+,30+,31-,32-,35-,36+/m0/s1. The average Bonchev–Trinajstić information content (AvgIpc) is 3.62. The van der Waals surface area contributed by atoms with Gasteiger partial charge in [-0.3, -0.25) is 4.79 Å². The summed E-state index contributed by atoms with van der Waals surface area (Å²) in [7, 11) is 0. The van der Waals surface area contributed by atoms with Crippen LogP contribution in [-0.2, 0) is 43.1 Å². The number of aromatic amines is 1. The van der Waals surface area contributed by atoms with E-state index < -0.39 is 102 Å². The second-order valence-electron chi connectivity index (χ2n) is 13.6. The molecule has 2 fully saturated rings. The van der Waals surface area contributed by atoms with Gasteiger partial charge >= 0.3 is 11.9 Å². The predicted molar refractivity (Wildman–Crippen MR) is 182 cm³/mol. The van der Waals surface area contributed by atoms with E-state index in [-0.39, 0.29) is 59.6 Å². The number of aliphatic hydroxyl groups excluding tert-OH is 7. The lowest BCUT2D eigenvalue weighted by Crippen LogP contribution is -2.63. The molecule has 3 aliphatic rings. The number of carboxylic acids is 1. The fourth-order valence-electron chi connectivity index (χ4n) is 6.75. The lowest BCUT2D eigenvalue weighted by atomic mass is 9.91. The highest BCUT2D eigenvalue weighted by Crippen LogP contribution is 2.47. The van der Waals surface area contributed by atoms with Gasteiger partial charge in [-0.25, -0.2) is 9.59 Å². The van der Waals surface area contributed by atoms with Crippen LogP contribution >= 0.6 is 0 Å². The number of ketones is 1. The molecule has 3 aliphatic heterocycles. The molecule has 1 unspecified atom stereocenters. The minimum absolute atomic E-state index is 0.0326. The summed E-state index contributed by atoms with van der Waals surface area (Å²) in [5.41, 5.74) is 1.57. The Morgan fingerprint density at radius 3 is 2.16 bits per heavy atom. The number of aliphatic hydroxyl groups is 7. The van der Waals surface area contributed by atoms with Crippen LogP contribution in [0.3, 0.4) is 0 Å². The van der Waals surface area contributed by atoms with Crippen LogP contribution in [0.15, 0.2) is 30.5 Å². The van der Waals surface area contributed by atoms with E-state index in [4.69, 9.17) is 23.7 Å². The highest BCUT2D eigenvalue weighted by Gasteiger charge is 2.53. The lowest BCUT2D eigenvalue weighted by Gasteiger charge is -2.41. The number of esters is 1. The van der Waals surface area contributed by atoms with Crippen molar-refractivity contribution in [1.29, 1.82) is 0 Å². The molecule has 6 rings (SSSR count). The number of ether oxygens (including phenoxy) is 5. The molecular formula is C36H41NO19. The second kappa shape index (κ2) is 16.2. The fraction of sp³-hybridized carbons (Fsp3) is 0.472. The number of aromatic nitrogens is 1. The van der Waals surface area contributed by atoms with Gasteiger partial charge in [-0.05, 0) is 42.2 Å². The summed E-state index contributed by atoms with van der Waals surface area (Å²) >= 11 is 0. The molecule has 3 aromatic rings. The monoisotopic (exact) mass is 791 g/mol. The van der Waals surface area contributed by atoms with E-state index in [1.54, 1.807) is 12.3 Å². The van der Waals surface area contributed by atoms with Gasteiger partial charge in [0.15, 0.2) is 29.5 Å². The van der Waals surface area contributed by atoms with Crippen molar-refractivity contribution < 1.29 is 94.2 Å². The first-order valence-electron chi connectivity index (χ1n) is 17.4. The Labute approximate surface area is 316 Å². The molecule has 304 valence electrons. The zero-order chi connectivity index (χ0) is 40.7. The number of aliphatic carboxylic acids is 1. The van der Waals surface area contributed by atoms with Crippen molar-refractivity contribution >= 4 is 17.7 Å². The molecule has 12 N–H and O–H groups in total. The van der Waals surface area contributed by atoms with Gasteiger partial charge in [0.2, 0.25) is 12.6 Å². The van der Waals surface area contributed by atoms with Crippen LogP contribution in [0.4, 0.5) is 0 Å². The molecule has 20 nitrogen and oxygen atoms in total. The van der Waals surface area contributed by atoms with Gasteiger partial charge in [-0.15, -0.1) is 0 Å². The van der Waals surface area contributed by atoms with Crippen LogP contribution < -0.4 is 9.47 Å². The summed E-state index contributed by atoms with van der Waals surface area (Å²) in [5, 5.41) is 114. The van der Waals surface area contributed by atoms with Crippen molar-refractivity contribution in [2.24, 2.45) is 0 Å². The molecule has 56 heavy (non-hydrogen) atoms.